The third-order valence-corrected chi connectivity index (χ3v) is 2.18. The average Bonchev–Trinajstić information content (AvgIpc) is 2.40. The average molecular weight is 270 g/mol. The van der Waals surface area contributed by atoms with E-state index < -0.39 is 0 Å². The second kappa shape index (κ2) is 11.7. The van der Waals surface area contributed by atoms with Crippen molar-refractivity contribution in [3.63, 3.8) is 0 Å². The van der Waals surface area contributed by atoms with Crippen molar-refractivity contribution in [3.05, 3.63) is 28.3 Å². The van der Waals surface area contributed by atoms with Gasteiger partial charge in [0.2, 0.25) is 0 Å². The molecule has 1 rings (SSSR count). The quantitative estimate of drug-likeness (QED) is 0.373. The van der Waals surface area contributed by atoms with Crippen molar-refractivity contribution >= 4 is 23.2 Å². The number of hydrogen-bond donors (Lipinski definition) is 0. The first-order valence-corrected chi connectivity index (χ1v) is 5.60. The molecule has 0 heterocycles. The van der Waals surface area contributed by atoms with Gasteiger partial charge in [-0.2, -0.15) is 28.3 Å². The van der Waals surface area contributed by atoms with Crippen molar-refractivity contribution in [2.24, 2.45) is 0 Å². The minimum absolute atomic E-state index is 0. The predicted molar refractivity (Wildman–Crippen MR) is 64.5 cm³/mol. The Hall–Kier alpha value is 0.644. The van der Waals surface area contributed by atoms with Crippen molar-refractivity contribution in [1.82, 2.24) is 0 Å². The maximum atomic E-state index is 4.64. The van der Waals surface area contributed by atoms with Crippen LogP contribution in [0.1, 0.15) is 22.3 Å². The maximum absolute atomic E-state index is 4.64. The Balaban J connectivity index is -0.000000216. The van der Waals surface area contributed by atoms with Crippen LogP contribution in [0.3, 0.4) is 0 Å². The molecule has 1 aromatic carbocycles. The van der Waals surface area contributed by atoms with Gasteiger partial charge in [-0.1, -0.05) is 27.7 Å². The third-order valence-electron chi connectivity index (χ3n) is 2.18. The topological polar surface area (TPSA) is 0 Å². The molecule has 0 saturated carbocycles. The molecule has 0 radical (unpaired) electrons. The molecule has 0 fully saturated rings. The molecule has 3 heteroatoms. The Morgan fingerprint density at radius 2 is 1.36 bits per heavy atom. The predicted octanol–water partition coefficient (Wildman–Crippen LogP) is 4.35. The molecule has 14 heavy (non-hydrogen) atoms. The SMILES string of the molecule is CCl.CCl.Cc1c[c-](C)c(C)c1C.[Ti]. The van der Waals surface area contributed by atoms with E-state index in [4.69, 9.17) is 0 Å². The fourth-order valence-electron chi connectivity index (χ4n) is 1.13. The summed E-state index contributed by atoms with van der Waals surface area (Å²) in [5, 5.41) is 0. The fraction of sp³-hybridized carbons (Fsp3) is 0.545. The zero-order chi connectivity index (χ0) is 11.0. The zero-order valence-electron chi connectivity index (χ0n) is 9.83. The van der Waals surface area contributed by atoms with Crippen LogP contribution in [0.5, 0.6) is 0 Å². The molecule has 82 valence electrons. The van der Waals surface area contributed by atoms with Crippen LogP contribution in [0.15, 0.2) is 6.07 Å². The van der Waals surface area contributed by atoms with Crippen LogP contribution in [0, 0.1) is 27.7 Å². The first-order valence-electron chi connectivity index (χ1n) is 4.08. The summed E-state index contributed by atoms with van der Waals surface area (Å²) in [4.78, 5) is 0. The van der Waals surface area contributed by atoms with Gasteiger partial charge in [0.15, 0.2) is 0 Å². The molecule has 0 unspecified atom stereocenters. The van der Waals surface area contributed by atoms with Crippen LogP contribution in [-0.4, -0.2) is 12.8 Å². The summed E-state index contributed by atoms with van der Waals surface area (Å²) < 4.78 is 0. The Bertz CT molecular complexity index is 207. The molecule has 0 amide bonds. The van der Waals surface area contributed by atoms with Crippen LogP contribution in [0.2, 0.25) is 0 Å². The minimum atomic E-state index is 0. The molecule has 0 nitrogen and oxygen atoms in total. The molecular formula is C11H19Cl2Ti-. The Kier molecular flexibility index (Phi) is 16.8. The van der Waals surface area contributed by atoms with E-state index in [1.807, 2.05) is 0 Å². The van der Waals surface area contributed by atoms with E-state index in [9.17, 15) is 0 Å². The molecule has 0 aliphatic rings. The van der Waals surface area contributed by atoms with Gasteiger partial charge in [0.1, 0.15) is 0 Å². The summed E-state index contributed by atoms with van der Waals surface area (Å²) in [6.07, 6.45) is 2.94. The number of halogens is 2. The van der Waals surface area contributed by atoms with Crippen LogP contribution >= 0.6 is 23.2 Å². The maximum Gasteiger partial charge on any atom is 0.0108 e. The van der Waals surface area contributed by atoms with E-state index in [1.165, 1.54) is 35.0 Å². The molecule has 1 aromatic rings. The van der Waals surface area contributed by atoms with Gasteiger partial charge in [0.05, 0.1) is 0 Å². The zero-order valence-corrected chi connectivity index (χ0v) is 12.9. The van der Waals surface area contributed by atoms with Gasteiger partial charge >= 0.3 is 0 Å². The molecule has 0 aliphatic heterocycles. The van der Waals surface area contributed by atoms with E-state index in [2.05, 4.69) is 57.0 Å². The normalized spacial score (nSPS) is 7.43. The number of alkyl halides is 2. The van der Waals surface area contributed by atoms with Gasteiger partial charge in [0, 0.05) is 34.5 Å². The summed E-state index contributed by atoms with van der Waals surface area (Å²) in [5.74, 6) is 0. The largest absolute Gasteiger partial charge is 0.199 e. The smallest absolute Gasteiger partial charge is 0.0108 e. The second-order valence-electron chi connectivity index (χ2n) is 2.76. The van der Waals surface area contributed by atoms with E-state index >= 15 is 0 Å². The first kappa shape index (κ1) is 20.1. The van der Waals surface area contributed by atoms with Crippen molar-refractivity contribution in [3.8, 4) is 0 Å². The molecular weight excluding hydrogens is 251 g/mol. The van der Waals surface area contributed by atoms with Gasteiger partial charge < -0.3 is 0 Å². The second-order valence-corrected chi connectivity index (χ2v) is 2.76. The summed E-state index contributed by atoms with van der Waals surface area (Å²) >= 11 is 9.28. The minimum Gasteiger partial charge on any atom is -0.199 e. The monoisotopic (exact) mass is 269 g/mol. The molecule has 0 aliphatic carbocycles. The molecule has 0 N–H and O–H groups in total. The van der Waals surface area contributed by atoms with Crippen LogP contribution in [0.4, 0.5) is 0 Å². The Morgan fingerprint density at radius 3 is 1.43 bits per heavy atom. The molecule has 0 spiro atoms. The number of hydrogen-bond acceptors (Lipinski definition) is 0. The van der Waals surface area contributed by atoms with E-state index in [0.717, 1.165) is 0 Å². The Labute approximate surface area is 113 Å². The summed E-state index contributed by atoms with van der Waals surface area (Å²) in [6.45, 7) is 8.68. The van der Waals surface area contributed by atoms with Gasteiger partial charge in [0.25, 0.3) is 0 Å². The molecule has 0 aromatic heterocycles. The van der Waals surface area contributed by atoms with Crippen molar-refractivity contribution in [2.75, 3.05) is 12.8 Å². The van der Waals surface area contributed by atoms with Gasteiger partial charge in [-0.25, -0.2) is 0 Å². The van der Waals surface area contributed by atoms with Gasteiger partial charge in [-0.05, 0) is 0 Å². The fourth-order valence-corrected chi connectivity index (χ4v) is 1.13. The first-order chi connectivity index (χ1) is 6.13. The summed E-state index contributed by atoms with van der Waals surface area (Å²) in [6, 6.07) is 2.24. The van der Waals surface area contributed by atoms with Gasteiger partial charge in [-0.15, -0.1) is 23.2 Å². The van der Waals surface area contributed by atoms with Crippen LogP contribution in [0.25, 0.3) is 0 Å². The van der Waals surface area contributed by atoms with Crippen molar-refractivity contribution in [2.45, 2.75) is 27.7 Å². The third kappa shape index (κ3) is 6.19. The molecule has 0 saturated heterocycles. The van der Waals surface area contributed by atoms with Gasteiger partial charge in [-0.3, -0.25) is 0 Å². The Morgan fingerprint density at radius 1 is 1.00 bits per heavy atom. The van der Waals surface area contributed by atoms with E-state index in [1.54, 1.807) is 0 Å². The standard InChI is InChI=1S/C9H13.2CH3Cl.Ti/c1-6-5-7(2)9(4)8(6)3;2*1-2;/h5H,1-4H3;2*1H3;/q-1;;;. The molecule has 0 bridgehead atoms. The summed E-state index contributed by atoms with van der Waals surface area (Å²) in [7, 11) is 0. The number of rotatable bonds is 0. The summed E-state index contributed by atoms with van der Waals surface area (Å²) in [5.41, 5.74) is 5.75. The number of aryl methyl sites for hydroxylation is 2. The van der Waals surface area contributed by atoms with Crippen LogP contribution in [-0.2, 0) is 21.7 Å². The van der Waals surface area contributed by atoms with Crippen LogP contribution < -0.4 is 0 Å². The van der Waals surface area contributed by atoms with E-state index in [-0.39, 0.29) is 21.7 Å². The van der Waals surface area contributed by atoms with E-state index in [0.29, 0.717) is 0 Å². The van der Waals surface area contributed by atoms with Crippen molar-refractivity contribution < 1.29 is 21.7 Å². The molecule has 0 atom stereocenters. The van der Waals surface area contributed by atoms with Crippen molar-refractivity contribution in [1.29, 1.82) is 0 Å².